The van der Waals surface area contributed by atoms with Gasteiger partial charge >= 0.3 is 18.1 Å². The minimum atomic E-state index is -5.20. The first-order valence-corrected chi connectivity index (χ1v) is 15.3. The highest BCUT2D eigenvalue weighted by Crippen LogP contribution is 2.38. The van der Waals surface area contributed by atoms with Crippen molar-refractivity contribution in [3.05, 3.63) is 100 Å². The summed E-state index contributed by atoms with van der Waals surface area (Å²) in [5, 5.41) is 11.4. The molecule has 1 aliphatic heterocycles. The van der Waals surface area contributed by atoms with E-state index in [0.717, 1.165) is 59.7 Å². The number of nitrogens with zero attached hydrogens (tertiary/aromatic N) is 3. The zero-order valence-electron chi connectivity index (χ0n) is 24.5. The maximum atomic E-state index is 12.2. The molecule has 0 amide bonds. The van der Waals surface area contributed by atoms with Gasteiger partial charge in [-0.05, 0) is 79.1 Å². The van der Waals surface area contributed by atoms with Gasteiger partial charge < -0.3 is 14.4 Å². The molecule has 11 heteroatoms. The standard InChI is InChI=1S/C34H30F3N3O4S/c1-22-18-26(12-13-27(22)19-38)31-39-29-4-2-3-17-40(32(29)45-31)20-24-5-7-25(8-6-24)21-43-28-14-9-23(10-15-28)11-16-30(41)44-33(42)34(35,36)37/h5-10,12-15,18H,2-4,11,16-17,20-21H2,1H3. The molecule has 2 heterocycles. The first-order valence-electron chi connectivity index (χ1n) is 14.5. The van der Waals surface area contributed by atoms with Gasteiger partial charge in [-0.1, -0.05) is 53.8 Å². The average Bonchev–Trinajstić information content (AvgIpc) is 3.36. The number of hydrogen-bond acceptors (Lipinski definition) is 8. The molecule has 0 saturated carbocycles. The lowest BCUT2D eigenvalue weighted by molar-refractivity contribution is -0.201. The summed E-state index contributed by atoms with van der Waals surface area (Å²) in [5.74, 6) is -3.13. The fourth-order valence-electron chi connectivity index (χ4n) is 4.99. The summed E-state index contributed by atoms with van der Waals surface area (Å²) in [4.78, 5) is 29.7. The third-order valence-corrected chi connectivity index (χ3v) is 8.64. The Balaban J connectivity index is 1.14. The van der Waals surface area contributed by atoms with Gasteiger partial charge in [0.25, 0.3) is 0 Å². The average molecular weight is 634 g/mol. The number of aryl methyl sites for hydroxylation is 3. The van der Waals surface area contributed by atoms with Crippen LogP contribution in [0.3, 0.4) is 0 Å². The van der Waals surface area contributed by atoms with Crippen LogP contribution in [0, 0.1) is 18.3 Å². The Labute approximate surface area is 262 Å². The van der Waals surface area contributed by atoms with Gasteiger partial charge in [0.15, 0.2) is 0 Å². The molecule has 0 radical (unpaired) electrons. The van der Waals surface area contributed by atoms with E-state index in [1.165, 1.54) is 10.6 Å². The van der Waals surface area contributed by atoms with Gasteiger partial charge in [0.05, 0.1) is 23.7 Å². The van der Waals surface area contributed by atoms with E-state index in [4.69, 9.17) is 9.72 Å². The first-order chi connectivity index (χ1) is 21.6. The number of rotatable bonds is 9. The van der Waals surface area contributed by atoms with E-state index < -0.39 is 18.1 Å². The molecule has 0 saturated heterocycles. The minimum Gasteiger partial charge on any atom is -0.489 e. The number of carbonyl (C=O) groups is 2. The summed E-state index contributed by atoms with van der Waals surface area (Å²) < 4.78 is 46.3. The van der Waals surface area contributed by atoms with Crippen molar-refractivity contribution in [2.45, 2.75) is 58.4 Å². The van der Waals surface area contributed by atoms with Crippen molar-refractivity contribution in [3.63, 3.8) is 0 Å². The Morgan fingerprint density at radius 2 is 1.71 bits per heavy atom. The predicted molar refractivity (Wildman–Crippen MR) is 164 cm³/mol. The number of alkyl halides is 3. The Morgan fingerprint density at radius 1 is 1.00 bits per heavy atom. The highest BCUT2D eigenvalue weighted by Gasteiger charge is 2.42. The lowest BCUT2D eigenvalue weighted by atomic mass is 10.1. The van der Waals surface area contributed by atoms with E-state index in [2.05, 4.69) is 27.8 Å². The lowest BCUT2D eigenvalue weighted by Crippen LogP contribution is -2.28. The van der Waals surface area contributed by atoms with Gasteiger partial charge in [-0.2, -0.15) is 18.4 Å². The third kappa shape index (κ3) is 8.28. The summed E-state index contributed by atoms with van der Waals surface area (Å²) in [5.41, 5.74) is 6.65. The smallest absolute Gasteiger partial charge is 0.489 e. The molecule has 45 heavy (non-hydrogen) atoms. The van der Waals surface area contributed by atoms with Gasteiger partial charge in [0, 0.05) is 18.7 Å². The Bertz CT molecular complexity index is 1710. The van der Waals surface area contributed by atoms with Crippen molar-refractivity contribution in [2.75, 3.05) is 11.4 Å². The zero-order chi connectivity index (χ0) is 32.0. The van der Waals surface area contributed by atoms with E-state index in [0.29, 0.717) is 23.5 Å². The normalized spacial score (nSPS) is 13.0. The maximum absolute atomic E-state index is 12.2. The molecule has 5 rings (SSSR count). The van der Waals surface area contributed by atoms with Crippen molar-refractivity contribution in [1.29, 1.82) is 5.26 Å². The molecule has 0 aliphatic carbocycles. The van der Waals surface area contributed by atoms with E-state index >= 15 is 0 Å². The Kier molecular flexibility index (Phi) is 9.83. The quantitative estimate of drug-likeness (QED) is 0.139. The molecule has 0 atom stereocenters. The number of esters is 2. The van der Waals surface area contributed by atoms with E-state index in [1.807, 2.05) is 37.3 Å². The summed E-state index contributed by atoms with van der Waals surface area (Å²) >= 11 is 1.70. The van der Waals surface area contributed by atoms with Gasteiger partial charge in [-0.15, -0.1) is 0 Å². The molecule has 0 unspecified atom stereocenters. The molecule has 4 aromatic rings. The van der Waals surface area contributed by atoms with Gasteiger partial charge in [-0.3, -0.25) is 4.79 Å². The molecule has 0 bridgehead atoms. The number of fused-ring (bicyclic) bond motifs is 1. The molecule has 3 aromatic carbocycles. The summed E-state index contributed by atoms with van der Waals surface area (Å²) in [6.07, 6.45) is -2.29. The van der Waals surface area contributed by atoms with Gasteiger partial charge in [-0.25, -0.2) is 9.78 Å². The summed E-state index contributed by atoms with van der Waals surface area (Å²) in [7, 11) is 0. The van der Waals surface area contributed by atoms with Crippen LogP contribution in [-0.4, -0.2) is 29.6 Å². The van der Waals surface area contributed by atoms with Gasteiger partial charge in [0.1, 0.15) is 22.4 Å². The molecular weight excluding hydrogens is 603 g/mol. The van der Waals surface area contributed by atoms with Crippen LogP contribution in [0.4, 0.5) is 18.2 Å². The highest BCUT2D eigenvalue weighted by atomic mass is 32.1. The molecule has 1 aromatic heterocycles. The summed E-state index contributed by atoms with van der Waals surface area (Å²) in [6, 6.07) is 23.2. The second-order valence-electron chi connectivity index (χ2n) is 10.8. The molecule has 0 fully saturated rings. The van der Waals surface area contributed by atoms with Gasteiger partial charge in [0.2, 0.25) is 0 Å². The molecule has 1 aliphatic rings. The van der Waals surface area contributed by atoms with E-state index in [-0.39, 0.29) is 12.8 Å². The zero-order valence-corrected chi connectivity index (χ0v) is 25.3. The second-order valence-corrected chi connectivity index (χ2v) is 11.8. The number of hydrogen-bond donors (Lipinski definition) is 0. The number of aromatic nitrogens is 1. The molecule has 0 spiro atoms. The van der Waals surface area contributed by atoms with Crippen LogP contribution in [0.25, 0.3) is 10.6 Å². The number of anilines is 1. The first kappa shape index (κ1) is 31.7. The Morgan fingerprint density at radius 3 is 2.40 bits per heavy atom. The van der Waals surface area contributed by atoms with Crippen molar-refractivity contribution >= 4 is 28.3 Å². The number of halogens is 3. The predicted octanol–water partition coefficient (Wildman–Crippen LogP) is 7.48. The number of nitriles is 1. The molecule has 0 N–H and O–H groups in total. The van der Waals surface area contributed by atoms with Crippen molar-refractivity contribution in [2.24, 2.45) is 0 Å². The monoisotopic (exact) mass is 633 g/mol. The van der Waals surface area contributed by atoms with Crippen LogP contribution >= 0.6 is 11.3 Å². The van der Waals surface area contributed by atoms with Crippen molar-refractivity contribution in [3.8, 4) is 22.4 Å². The largest absolute Gasteiger partial charge is 0.491 e. The van der Waals surface area contributed by atoms with E-state index in [1.54, 1.807) is 35.6 Å². The second kappa shape index (κ2) is 13.9. The number of benzene rings is 3. The highest BCUT2D eigenvalue weighted by molar-refractivity contribution is 7.19. The maximum Gasteiger partial charge on any atom is 0.491 e. The van der Waals surface area contributed by atoms with Crippen LogP contribution in [-0.2, 0) is 40.3 Å². The van der Waals surface area contributed by atoms with Crippen LogP contribution in [0.5, 0.6) is 5.75 Å². The molecular formula is C34H30F3N3O4S. The SMILES string of the molecule is Cc1cc(-c2nc3c(s2)N(Cc2ccc(COc4ccc(CCC(=O)OC(=O)C(F)(F)F)cc4)cc2)CCCC3)ccc1C#N. The van der Waals surface area contributed by atoms with Crippen LogP contribution in [0.1, 0.15) is 52.8 Å². The van der Waals surface area contributed by atoms with Crippen LogP contribution in [0.2, 0.25) is 0 Å². The van der Waals surface area contributed by atoms with Crippen LogP contribution in [0.15, 0.2) is 66.7 Å². The summed E-state index contributed by atoms with van der Waals surface area (Å²) in [6.45, 7) is 4.01. The minimum absolute atomic E-state index is 0.127. The lowest BCUT2D eigenvalue weighted by Gasteiger charge is -2.22. The number of thiazole rings is 1. The molecule has 7 nitrogen and oxygen atoms in total. The topological polar surface area (TPSA) is 92.5 Å². The fraction of sp³-hybridized carbons (Fsp3) is 0.294. The third-order valence-electron chi connectivity index (χ3n) is 7.43. The molecule has 232 valence electrons. The van der Waals surface area contributed by atoms with E-state index in [9.17, 15) is 28.0 Å². The number of ether oxygens (including phenoxy) is 2. The van der Waals surface area contributed by atoms with Crippen molar-refractivity contribution in [1.82, 2.24) is 4.98 Å². The fourth-order valence-corrected chi connectivity index (χ4v) is 6.12. The van der Waals surface area contributed by atoms with Crippen molar-refractivity contribution < 1.29 is 32.2 Å². The number of carbonyl (C=O) groups excluding carboxylic acids is 2. The van der Waals surface area contributed by atoms with Crippen LogP contribution < -0.4 is 9.64 Å². The Hall–Kier alpha value is -4.69.